The number of aliphatic hydroxyl groups excluding tert-OH is 1. The van der Waals surface area contributed by atoms with Crippen LogP contribution in [0.1, 0.15) is 33.9 Å². The molecule has 17 heavy (non-hydrogen) atoms. The Labute approximate surface area is 103 Å². The first-order chi connectivity index (χ1) is 8.11. The van der Waals surface area contributed by atoms with Gasteiger partial charge in [-0.15, -0.1) is 0 Å². The van der Waals surface area contributed by atoms with Crippen LogP contribution in [0, 0.1) is 20.8 Å². The van der Waals surface area contributed by atoms with E-state index in [1.54, 1.807) is 0 Å². The third kappa shape index (κ3) is 2.25. The lowest BCUT2D eigenvalue weighted by molar-refractivity contribution is 0.218. The van der Waals surface area contributed by atoms with Gasteiger partial charge in [0.05, 0.1) is 0 Å². The van der Waals surface area contributed by atoms with Crippen molar-refractivity contribution < 1.29 is 5.11 Å². The van der Waals surface area contributed by atoms with Crippen LogP contribution in [0.3, 0.4) is 0 Å². The minimum atomic E-state index is -0.530. The zero-order valence-electron chi connectivity index (χ0n) is 10.6. The Hall–Kier alpha value is -1.60. The molecule has 0 aliphatic carbocycles. The first-order valence-corrected chi connectivity index (χ1v) is 5.91. The van der Waals surface area contributed by atoms with Crippen LogP contribution in [0.5, 0.6) is 0 Å². The molecule has 0 saturated carbocycles. The topological polar surface area (TPSA) is 20.2 Å². The summed E-state index contributed by atoms with van der Waals surface area (Å²) in [5.41, 5.74) is 5.43. The SMILES string of the molecule is Cc1ccccc1C(O)c1c(C)cccc1C. The van der Waals surface area contributed by atoms with E-state index in [2.05, 4.69) is 0 Å². The Balaban J connectivity index is 2.51. The van der Waals surface area contributed by atoms with Crippen molar-refractivity contribution in [3.8, 4) is 0 Å². The average Bonchev–Trinajstić information content (AvgIpc) is 2.29. The Morgan fingerprint density at radius 3 is 1.88 bits per heavy atom. The van der Waals surface area contributed by atoms with Crippen molar-refractivity contribution in [3.05, 3.63) is 70.3 Å². The molecule has 0 spiro atoms. The molecule has 0 amide bonds. The molecule has 0 aliphatic heterocycles. The minimum absolute atomic E-state index is 0.530. The maximum atomic E-state index is 10.5. The molecular formula is C16H18O. The number of aliphatic hydroxyl groups is 1. The van der Waals surface area contributed by atoms with Gasteiger partial charge in [0, 0.05) is 0 Å². The van der Waals surface area contributed by atoms with Gasteiger partial charge in [-0.05, 0) is 48.6 Å². The summed E-state index contributed by atoms with van der Waals surface area (Å²) in [6.07, 6.45) is -0.530. The molecule has 1 N–H and O–H groups in total. The summed E-state index contributed by atoms with van der Waals surface area (Å²) in [5.74, 6) is 0. The van der Waals surface area contributed by atoms with Crippen LogP contribution < -0.4 is 0 Å². The van der Waals surface area contributed by atoms with Gasteiger partial charge in [0.25, 0.3) is 0 Å². The third-order valence-corrected chi connectivity index (χ3v) is 3.30. The van der Waals surface area contributed by atoms with E-state index >= 15 is 0 Å². The second-order valence-corrected chi connectivity index (χ2v) is 4.56. The Morgan fingerprint density at radius 1 is 0.765 bits per heavy atom. The highest BCUT2D eigenvalue weighted by Gasteiger charge is 2.16. The molecule has 2 aromatic carbocycles. The Bertz CT molecular complexity index is 509. The van der Waals surface area contributed by atoms with Crippen molar-refractivity contribution in [1.82, 2.24) is 0 Å². The first kappa shape index (κ1) is 11.9. The van der Waals surface area contributed by atoms with Crippen molar-refractivity contribution in [1.29, 1.82) is 0 Å². The lowest BCUT2D eigenvalue weighted by Crippen LogP contribution is -2.06. The van der Waals surface area contributed by atoms with Crippen LogP contribution in [0.4, 0.5) is 0 Å². The lowest BCUT2D eigenvalue weighted by atomic mass is 9.91. The first-order valence-electron chi connectivity index (χ1n) is 5.91. The molecular weight excluding hydrogens is 208 g/mol. The predicted molar refractivity (Wildman–Crippen MR) is 71.2 cm³/mol. The van der Waals surface area contributed by atoms with E-state index in [1.807, 2.05) is 63.2 Å². The number of hydrogen-bond acceptors (Lipinski definition) is 1. The normalized spacial score (nSPS) is 12.5. The number of hydrogen-bond donors (Lipinski definition) is 1. The molecule has 1 unspecified atom stereocenters. The third-order valence-electron chi connectivity index (χ3n) is 3.30. The molecule has 2 rings (SSSR count). The second-order valence-electron chi connectivity index (χ2n) is 4.56. The molecule has 1 heteroatoms. The van der Waals surface area contributed by atoms with Gasteiger partial charge in [0.15, 0.2) is 0 Å². The molecule has 0 heterocycles. The highest BCUT2D eigenvalue weighted by Crippen LogP contribution is 2.29. The van der Waals surface area contributed by atoms with E-state index in [0.717, 1.165) is 27.8 Å². The standard InChI is InChI=1S/C16H18O/c1-11-7-4-5-10-14(11)16(17)15-12(2)8-6-9-13(15)3/h4-10,16-17H,1-3H3. The summed E-state index contributed by atoms with van der Waals surface area (Å²) in [6.45, 7) is 6.12. The molecule has 0 aromatic heterocycles. The van der Waals surface area contributed by atoms with Crippen molar-refractivity contribution in [2.45, 2.75) is 26.9 Å². The zero-order valence-corrected chi connectivity index (χ0v) is 10.6. The van der Waals surface area contributed by atoms with Crippen molar-refractivity contribution in [2.75, 3.05) is 0 Å². The van der Waals surface area contributed by atoms with Crippen LogP contribution in [0.15, 0.2) is 42.5 Å². The summed E-state index contributed by atoms with van der Waals surface area (Å²) in [6, 6.07) is 14.1. The fourth-order valence-corrected chi connectivity index (χ4v) is 2.31. The molecule has 0 aliphatic rings. The lowest BCUT2D eigenvalue weighted by Gasteiger charge is -2.18. The van der Waals surface area contributed by atoms with E-state index < -0.39 is 6.10 Å². The quantitative estimate of drug-likeness (QED) is 0.828. The number of rotatable bonds is 2. The largest absolute Gasteiger partial charge is 0.384 e. The highest BCUT2D eigenvalue weighted by atomic mass is 16.3. The van der Waals surface area contributed by atoms with Crippen molar-refractivity contribution in [2.24, 2.45) is 0 Å². The van der Waals surface area contributed by atoms with Crippen LogP contribution in [-0.2, 0) is 0 Å². The van der Waals surface area contributed by atoms with Gasteiger partial charge >= 0.3 is 0 Å². The van der Waals surface area contributed by atoms with Gasteiger partial charge in [-0.25, -0.2) is 0 Å². The maximum absolute atomic E-state index is 10.5. The van der Waals surface area contributed by atoms with E-state index in [9.17, 15) is 5.11 Å². The van der Waals surface area contributed by atoms with Crippen LogP contribution >= 0.6 is 0 Å². The maximum Gasteiger partial charge on any atom is 0.105 e. The molecule has 0 radical (unpaired) electrons. The van der Waals surface area contributed by atoms with E-state index in [4.69, 9.17) is 0 Å². The van der Waals surface area contributed by atoms with Crippen LogP contribution in [0.2, 0.25) is 0 Å². The zero-order chi connectivity index (χ0) is 12.4. The number of benzene rings is 2. The predicted octanol–water partition coefficient (Wildman–Crippen LogP) is 3.69. The molecule has 2 aromatic rings. The minimum Gasteiger partial charge on any atom is -0.384 e. The van der Waals surface area contributed by atoms with Crippen LogP contribution in [-0.4, -0.2) is 5.11 Å². The highest BCUT2D eigenvalue weighted by molar-refractivity contribution is 5.42. The molecule has 88 valence electrons. The summed E-state index contributed by atoms with van der Waals surface area (Å²) >= 11 is 0. The molecule has 0 fully saturated rings. The van der Waals surface area contributed by atoms with Gasteiger partial charge < -0.3 is 5.11 Å². The van der Waals surface area contributed by atoms with Gasteiger partial charge in [0.2, 0.25) is 0 Å². The Morgan fingerprint density at radius 2 is 1.29 bits per heavy atom. The molecule has 0 saturated heterocycles. The second kappa shape index (κ2) is 4.72. The van der Waals surface area contributed by atoms with Gasteiger partial charge in [-0.3, -0.25) is 0 Å². The Kier molecular flexibility index (Phi) is 3.30. The average molecular weight is 226 g/mol. The van der Waals surface area contributed by atoms with Gasteiger partial charge in [-0.1, -0.05) is 42.5 Å². The van der Waals surface area contributed by atoms with Crippen molar-refractivity contribution >= 4 is 0 Å². The van der Waals surface area contributed by atoms with E-state index in [1.165, 1.54) is 0 Å². The molecule has 0 bridgehead atoms. The van der Waals surface area contributed by atoms with Gasteiger partial charge in [0.1, 0.15) is 6.10 Å². The monoisotopic (exact) mass is 226 g/mol. The van der Waals surface area contributed by atoms with Crippen molar-refractivity contribution in [3.63, 3.8) is 0 Å². The van der Waals surface area contributed by atoms with E-state index in [-0.39, 0.29) is 0 Å². The summed E-state index contributed by atoms with van der Waals surface area (Å²) in [4.78, 5) is 0. The summed E-state index contributed by atoms with van der Waals surface area (Å²) in [7, 11) is 0. The number of aryl methyl sites for hydroxylation is 3. The van der Waals surface area contributed by atoms with Crippen LogP contribution in [0.25, 0.3) is 0 Å². The fourth-order valence-electron chi connectivity index (χ4n) is 2.31. The smallest absolute Gasteiger partial charge is 0.105 e. The van der Waals surface area contributed by atoms with E-state index in [0.29, 0.717) is 0 Å². The molecule has 1 atom stereocenters. The summed E-state index contributed by atoms with van der Waals surface area (Å²) in [5, 5.41) is 10.5. The fraction of sp³-hybridized carbons (Fsp3) is 0.250. The summed E-state index contributed by atoms with van der Waals surface area (Å²) < 4.78 is 0. The van der Waals surface area contributed by atoms with Gasteiger partial charge in [-0.2, -0.15) is 0 Å². The molecule has 1 nitrogen and oxygen atoms in total.